The molecule has 2 heterocycles. The van der Waals surface area contributed by atoms with Gasteiger partial charge in [0.05, 0.1) is 0 Å². The van der Waals surface area contributed by atoms with Crippen molar-refractivity contribution in [3.63, 3.8) is 0 Å². The molecule has 0 radical (unpaired) electrons. The van der Waals surface area contributed by atoms with Crippen LogP contribution in [0.5, 0.6) is 0 Å². The van der Waals surface area contributed by atoms with Crippen molar-refractivity contribution in [3.8, 4) is 0 Å². The van der Waals surface area contributed by atoms with Crippen LogP contribution in [-0.2, 0) is 11.2 Å². The molecule has 0 unspecified atom stereocenters. The van der Waals surface area contributed by atoms with E-state index in [9.17, 15) is 4.79 Å². The van der Waals surface area contributed by atoms with Gasteiger partial charge in [0.25, 0.3) is 0 Å². The lowest BCUT2D eigenvalue weighted by Gasteiger charge is -2.16. The Hall–Kier alpha value is -2.34. The van der Waals surface area contributed by atoms with Crippen LogP contribution in [0.3, 0.4) is 0 Å². The Morgan fingerprint density at radius 1 is 1.15 bits per heavy atom. The van der Waals surface area contributed by atoms with Crippen molar-refractivity contribution in [2.45, 2.75) is 25.7 Å². The molecule has 1 aromatic carbocycles. The van der Waals surface area contributed by atoms with Crippen molar-refractivity contribution in [1.82, 2.24) is 15.3 Å². The highest BCUT2D eigenvalue weighted by Gasteiger charge is 2.13. The van der Waals surface area contributed by atoms with E-state index in [-0.39, 0.29) is 5.91 Å². The zero-order chi connectivity index (χ0) is 18.2. The summed E-state index contributed by atoms with van der Waals surface area (Å²) in [6.07, 6.45) is 5.15. The molecule has 1 aliphatic heterocycles. The summed E-state index contributed by atoms with van der Waals surface area (Å²) in [5.74, 6) is 1.79. The van der Waals surface area contributed by atoms with Gasteiger partial charge in [0.2, 0.25) is 5.91 Å². The largest absolute Gasteiger partial charge is 0.368 e. The molecule has 0 spiro atoms. The Bertz CT molecular complexity index is 733. The summed E-state index contributed by atoms with van der Waals surface area (Å²) >= 11 is 5.95. The number of amides is 1. The molecule has 2 N–H and O–H groups in total. The van der Waals surface area contributed by atoms with Gasteiger partial charge in [-0.05, 0) is 37.0 Å². The number of benzene rings is 1. The third-order valence-electron chi connectivity index (χ3n) is 4.37. The average molecular weight is 374 g/mol. The summed E-state index contributed by atoms with van der Waals surface area (Å²) in [4.78, 5) is 22.8. The summed E-state index contributed by atoms with van der Waals surface area (Å²) in [5.41, 5.74) is 1.07. The molecule has 138 valence electrons. The van der Waals surface area contributed by atoms with Crippen LogP contribution < -0.4 is 15.5 Å². The highest BCUT2D eigenvalue weighted by Crippen LogP contribution is 2.19. The molecular weight excluding hydrogens is 350 g/mol. The minimum absolute atomic E-state index is 0.0345. The third kappa shape index (κ3) is 5.59. The second kappa shape index (κ2) is 9.38. The lowest BCUT2D eigenvalue weighted by atomic mass is 10.1. The van der Waals surface area contributed by atoms with Crippen LogP contribution in [0.15, 0.2) is 36.7 Å². The van der Waals surface area contributed by atoms with E-state index in [1.54, 1.807) is 6.33 Å². The number of carbonyl (C=O) groups excluding carboxylic acids is 1. The number of rotatable bonds is 8. The van der Waals surface area contributed by atoms with Crippen LogP contribution in [0.1, 0.15) is 24.8 Å². The standard InChI is InChI=1S/C19H24ClN5O/c20-16-5-3-4-15(12-16)6-7-19(26)22-9-8-21-17-13-18(24-14-23-17)25-10-1-2-11-25/h3-5,12-14H,1-2,6-11H2,(H,22,26)(H,21,23,24). The van der Waals surface area contributed by atoms with Gasteiger partial charge in [0.15, 0.2) is 0 Å². The summed E-state index contributed by atoms with van der Waals surface area (Å²) in [6, 6.07) is 9.57. The number of halogens is 1. The van der Waals surface area contributed by atoms with E-state index in [4.69, 9.17) is 11.6 Å². The van der Waals surface area contributed by atoms with Gasteiger partial charge >= 0.3 is 0 Å². The monoisotopic (exact) mass is 373 g/mol. The SMILES string of the molecule is O=C(CCc1cccc(Cl)c1)NCCNc1cc(N2CCCC2)ncn1. The van der Waals surface area contributed by atoms with E-state index in [0.717, 1.165) is 30.3 Å². The summed E-state index contributed by atoms with van der Waals surface area (Å²) in [6.45, 7) is 3.29. The van der Waals surface area contributed by atoms with Crippen molar-refractivity contribution in [2.75, 3.05) is 36.4 Å². The number of carbonyl (C=O) groups is 1. The third-order valence-corrected chi connectivity index (χ3v) is 4.60. The van der Waals surface area contributed by atoms with Crippen LogP contribution >= 0.6 is 11.6 Å². The topological polar surface area (TPSA) is 70.2 Å². The van der Waals surface area contributed by atoms with Crippen molar-refractivity contribution in [1.29, 1.82) is 0 Å². The first-order chi connectivity index (χ1) is 12.7. The van der Waals surface area contributed by atoms with E-state index in [2.05, 4.69) is 25.5 Å². The molecule has 1 saturated heterocycles. The Balaban J connectivity index is 1.36. The molecule has 0 bridgehead atoms. The molecule has 0 atom stereocenters. The molecular formula is C19H24ClN5O. The fraction of sp³-hybridized carbons (Fsp3) is 0.421. The normalized spacial score (nSPS) is 13.7. The van der Waals surface area contributed by atoms with Crippen LogP contribution in [0, 0.1) is 0 Å². The van der Waals surface area contributed by atoms with E-state index < -0.39 is 0 Å². The zero-order valence-electron chi connectivity index (χ0n) is 14.7. The molecule has 26 heavy (non-hydrogen) atoms. The maximum Gasteiger partial charge on any atom is 0.220 e. The van der Waals surface area contributed by atoms with E-state index in [0.29, 0.717) is 31.0 Å². The Kier molecular flexibility index (Phi) is 6.66. The van der Waals surface area contributed by atoms with Gasteiger partial charge in [0, 0.05) is 43.7 Å². The number of aromatic nitrogens is 2. The van der Waals surface area contributed by atoms with Gasteiger partial charge in [-0.2, -0.15) is 0 Å². The Labute approximate surface area is 159 Å². The first-order valence-electron chi connectivity index (χ1n) is 9.03. The molecule has 1 amide bonds. The Morgan fingerprint density at radius 2 is 2.00 bits per heavy atom. The smallest absolute Gasteiger partial charge is 0.220 e. The highest BCUT2D eigenvalue weighted by atomic mass is 35.5. The second-order valence-electron chi connectivity index (χ2n) is 6.36. The van der Waals surface area contributed by atoms with Gasteiger partial charge in [-0.25, -0.2) is 9.97 Å². The van der Waals surface area contributed by atoms with E-state index in [1.807, 2.05) is 30.3 Å². The Morgan fingerprint density at radius 3 is 2.81 bits per heavy atom. The van der Waals surface area contributed by atoms with Gasteiger partial charge in [-0.15, -0.1) is 0 Å². The number of hydrogen-bond donors (Lipinski definition) is 2. The predicted octanol–water partition coefficient (Wildman–Crippen LogP) is 2.89. The lowest BCUT2D eigenvalue weighted by Crippen LogP contribution is -2.29. The molecule has 3 rings (SSSR count). The number of anilines is 2. The molecule has 1 aromatic heterocycles. The van der Waals surface area contributed by atoms with Crippen molar-refractivity contribution in [2.24, 2.45) is 0 Å². The first-order valence-corrected chi connectivity index (χ1v) is 9.40. The molecule has 0 aliphatic carbocycles. The van der Waals surface area contributed by atoms with Gasteiger partial charge in [-0.1, -0.05) is 23.7 Å². The number of aryl methyl sites for hydroxylation is 1. The van der Waals surface area contributed by atoms with Gasteiger partial charge < -0.3 is 15.5 Å². The van der Waals surface area contributed by atoms with E-state index >= 15 is 0 Å². The molecule has 0 saturated carbocycles. The summed E-state index contributed by atoms with van der Waals surface area (Å²) < 4.78 is 0. The highest BCUT2D eigenvalue weighted by molar-refractivity contribution is 6.30. The minimum Gasteiger partial charge on any atom is -0.368 e. The maximum atomic E-state index is 11.9. The van der Waals surface area contributed by atoms with Crippen molar-refractivity contribution < 1.29 is 4.79 Å². The summed E-state index contributed by atoms with van der Waals surface area (Å²) in [5, 5.41) is 6.85. The number of hydrogen-bond acceptors (Lipinski definition) is 5. The fourth-order valence-electron chi connectivity index (χ4n) is 2.99. The minimum atomic E-state index is 0.0345. The van der Waals surface area contributed by atoms with E-state index in [1.165, 1.54) is 12.8 Å². The average Bonchev–Trinajstić information content (AvgIpc) is 3.19. The molecule has 1 aliphatic rings. The number of nitrogens with one attached hydrogen (secondary N) is 2. The quantitative estimate of drug-likeness (QED) is 0.696. The van der Waals surface area contributed by atoms with Crippen molar-refractivity contribution >= 4 is 29.1 Å². The molecule has 2 aromatic rings. The van der Waals surface area contributed by atoms with Gasteiger partial charge in [-0.3, -0.25) is 4.79 Å². The lowest BCUT2D eigenvalue weighted by molar-refractivity contribution is -0.120. The van der Waals surface area contributed by atoms with Crippen LogP contribution in [0.4, 0.5) is 11.6 Å². The van der Waals surface area contributed by atoms with Crippen LogP contribution in [-0.4, -0.2) is 42.1 Å². The van der Waals surface area contributed by atoms with Crippen molar-refractivity contribution in [3.05, 3.63) is 47.2 Å². The van der Waals surface area contributed by atoms with Crippen LogP contribution in [0.25, 0.3) is 0 Å². The van der Waals surface area contributed by atoms with Gasteiger partial charge in [0.1, 0.15) is 18.0 Å². The maximum absolute atomic E-state index is 11.9. The zero-order valence-corrected chi connectivity index (χ0v) is 15.5. The van der Waals surface area contributed by atoms with Crippen LogP contribution in [0.2, 0.25) is 5.02 Å². The fourth-order valence-corrected chi connectivity index (χ4v) is 3.21. The first kappa shape index (κ1) is 18.5. The number of nitrogens with zero attached hydrogens (tertiary/aromatic N) is 3. The second-order valence-corrected chi connectivity index (χ2v) is 6.80. The molecule has 1 fully saturated rings. The summed E-state index contributed by atoms with van der Waals surface area (Å²) in [7, 11) is 0. The molecule has 6 nitrogen and oxygen atoms in total. The molecule has 7 heteroatoms. The predicted molar refractivity (Wildman–Crippen MR) is 105 cm³/mol.